The van der Waals surface area contributed by atoms with Gasteiger partial charge in [0.05, 0.1) is 6.61 Å². The Labute approximate surface area is 112 Å². The van der Waals surface area contributed by atoms with Crippen molar-refractivity contribution < 1.29 is 19.4 Å². The Morgan fingerprint density at radius 2 is 2.28 bits per heavy atom. The lowest BCUT2D eigenvalue weighted by Gasteiger charge is -2.28. The van der Waals surface area contributed by atoms with Crippen molar-refractivity contribution in [1.29, 1.82) is 0 Å². The number of carboxylic acid groups (broad SMARTS) is 1. The van der Waals surface area contributed by atoms with Crippen molar-refractivity contribution in [3.8, 4) is 0 Å². The van der Waals surface area contributed by atoms with Gasteiger partial charge in [-0.05, 0) is 19.1 Å². The van der Waals surface area contributed by atoms with Gasteiger partial charge in [-0.3, -0.25) is 4.79 Å². The van der Waals surface area contributed by atoms with Crippen LogP contribution in [0.1, 0.15) is 19.8 Å². The SMILES string of the molecule is CSCC(C)C(=O)NC(C(=O)O)C1CCCOC1. The molecule has 0 spiro atoms. The first kappa shape index (κ1) is 15.3. The van der Waals surface area contributed by atoms with Crippen LogP contribution in [0.5, 0.6) is 0 Å². The Morgan fingerprint density at radius 1 is 1.56 bits per heavy atom. The van der Waals surface area contributed by atoms with Crippen LogP contribution in [-0.2, 0) is 14.3 Å². The Hall–Kier alpha value is -0.750. The van der Waals surface area contributed by atoms with Crippen molar-refractivity contribution >= 4 is 23.6 Å². The molecule has 1 aliphatic rings. The number of carbonyl (C=O) groups excluding carboxylic acids is 1. The summed E-state index contributed by atoms with van der Waals surface area (Å²) in [7, 11) is 0. The monoisotopic (exact) mass is 275 g/mol. The fourth-order valence-electron chi connectivity index (χ4n) is 2.03. The largest absolute Gasteiger partial charge is 0.480 e. The highest BCUT2D eigenvalue weighted by Gasteiger charge is 2.32. The molecule has 1 aliphatic heterocycles. The number of aliphatic carboxylic acids is 1. The molecule has 0 aromatic heterocycles. The van der Waals surface area contributed by atoms with Crippen molar-refractivity contribution in [1.82, 2.24) is 5.32 Å². The van der Waals surface area contributed by atoms with E-state index in [0.29, 0.717) is 19.0 Å². The van der Waals surface area contributed by atoms with E-state index in [1.807, 2.05) is 13.2 Å². The summed E-state index contributed by atoms with van der Waals surface area (Å²) in [6, 6.07) is -0.831. The summed E-state index contributed by atoms with van der Waals surface area (Å²) in [5, 5.41) is 11.8. The van der Waals surface area contributed by atoms with Gasteiger partial charge in [0.25, 0.3) is 0 Å². The molecular weight excluding hydrogens is 254 g/mol. The number of carboxylic acids is 1. The molecule has 6 heteroatoms. The van der Waals surface area contributed by atoms with Crippen LogP contribution in [0.25, 0.3) is 0 Å². The quantitative estimate of drug-likeness (QED) is 0.756. The van der Waals surface area contributed by atoms with E-state index >= 15 is 0 Å². The van der Waals surface area contributed by atoms with Gasteiger partial charge in [-0.1, -0.05) is 6.92 Å². The van der Waals surface area contributed by atoms with E-state index in [1.165, 1.54) is 0 Å². The zero-order chi connectivity index (χ0) is 13.5. The molecule has 0 saturated carbocycles. The normalized spacial score (nSPS) is 23.1. The summed E-state index contributed by atoms with van der Waals surface area (Å²) in [5.41, 5.74) is 0. The molecular formula is C12H21NO4S. The molecule has 3 atom stereocenters. The van der Waals surface area contributed by atoms with Crippen molar-refractivity contribution in [2.45, 2.75) is 25.8 Å². The predicted molar refractivity (Wildman–Crippen MR) is 70.7 cm³/mol. The molecule has 1 amide bonds. The van der Waals surface area contributed by atoms with Crippen molar-refractivity contribution in [3.05, 3.63) is 0 Å². The maximum atomic E-state index is 11.9. The first-order valence-electron chi connectivity index (χ1n) is 6.16. The average Bonchev–Trinajstić information content (AvgIpc) is 2.36. The standard InChI is InChI=1S/C12H21NO4S/c1-8(7-18-2)11(14)13-10(12(15)16)9-4-3-5-17-6-9/h8-10H,3-7H2,1-2H3,(H,13,14)(H,15,16). The summed E-state index contributed by atoms with van der Waals surface area (Å²) in [6.07, 6.45) is 3.56. The second-order valence-electron chi connectivity index (χ2n) is 4.66. The van der Waals surface area contributed by atoms with E-state index in [2.05, 4.69) is 5.32 Å². The van der Waals surface area contributed by atoms with Crippen LogP contribution in [0.4, 0.5) is 0 Å². The number of carbonyl (C=O) groups is 2. The summed E-state index contributed by atoms with van der Waals surface area (Å²) in [5.74, 6) is -0.773. The summed E-state index contributed by atoms with van der Waals surface area (Å²) in [4.78, 5) is 23.1. The Morgan fingerprint density at radius 3 is 2.78 bits per heavy atom. The van der Waals surface area contributed by atoms with Crippen molar-refractivity contribution in [2.24, 2.45) is 11.8 Å². The van der Waals surface area contributed by atoms with Crippen molar-refractivity contribution in [3.63, 3.8) is 0 Å². The molecule has 5 nitrogen and oxygen atoms in total. The Bertz CT molecular complexity index is 292. The lowest BCUT2D eigenvalue weighted by molar-refractivity contribution is -0.145. The third-order valence-electron chi connectivity index (χ3n) is 3.09. The second-order valence-corrected chi connectivity index (χ2v) is 5.57. The van der Waals surface area contributed by atoms with E-state index < -0.39 is 12.0 Å². The third kappa shape index (κ3) is 4.49. The average molecular weight is 275 g/mol. The highest BCUT2D eigenvalue weighted by molar-refractivity contribution is 7.98. The summed E-state index contributed by atoms with van der Waals surface area (Å²) < 4.78 is 5.28. The number of thioether (sulfide) groups is 1. The molecule has 1 fully saturated rings. The van der Waals surface area contributed by atoms with Crippen LogP contribution >= 0.6 is 11.8 Å². The number of ether oxygens (including phenoxy) is 1. The molecule has 0 aromatic rings. The van der Waals surface area contributed by atoms with Crippen LogP contribution in [0.2, 0.25) is 0 Å². The van der Waals surface area contributed by atoms with Crippen molar-refractivity contribution in [2.75, 3.05) is 25.2 Å². The van der Waals surface area contributed by atoms with E-state index in [4.69, 9.17) is 4.74 Å². The molecule has 0 aliphatic carbocycles. The molecule has 0 radical (unpaired) electrons. The van der Waals surface area contributed by atoms with E-state index in [1.54, 1.807) is 11.8 Å². The van der Waals surface area contributed by atoms with Crippen LogP contribution in [0, 0.1) is 11.8 Å². The molecule has 1 rings (SSSR count). The van der Waals surface area contributed by atoms with Gasteiger partial charge < -0.3 is 15.2 Å². The van der Waals surface area contributed by atoms with Gasteiger partial charge in [-0.15, -0.1) is 0 Å². The lowest BCUT2D eigenvalue weighted by Crippen LogP contribution is -2.50. The second kappa shape index (κ2) is 7.63. The fourth-order valence-corrected chi connectivity index (χ4v) is 2.68. The maximum Gasteiger partial charge on any atom is 0.326 e. The first-order valence-corrected chi connectivity index (χ1v) is 7.55. The van der Waals surface area contributed by atoms with Gasteiger partial charge in [0.15, 0.2) is 0 Å². The van der Waals surface area contributed by atoms with Gasteiger partial charge >= 0.3 is 5.97 Å². The minimum absolute atomic E-state index is 0.123. The maximum absolute atomic E-state index is 11.9. The highest BCUT2D eigenvalue weighted by Crippen LogP contribution is 2.18. The fraction of sp³-hybridized carbons (Fsp3) is 0.833. The lowest BCUT2D eigenvalue weighted by atomic mass is 9.93. The van der Waals surface area contributed by atoms with Crippen LogP contribution in [0.15, 0.2) is 0 Å². The minimum Gasteiger partial charge on any atom is -0.480 e. The molecule has 0 bridgehead atoms. The molecule has 0 aromatic carbocycles. The smallest absolute Gasteiger partial charge is 0.326 e. The van der Waals surface area contributed by atoms with Gasteiger partial charge in [0, 0.05) is 24.2 Å². The first-order chi connectivity index (χ1) is 8.56. The van der Waals surface area contributed by atoms with E-state index in [-0.39, 0.29) is 17.7 Å². The number of hydrogen-bond donors (Lipinski definition) is 2. The Balaban J connectivity index is 2.56. The van der Waals surface area contributed by atoms with Gasteiger partial charge in [0.1, 0.15) is 6.04 Å². The number of rotatable bonds is 6. The van der Waals surface area contributed by atoms with Gasteiger partial charge in [-0.25, -0.2) is 4.79 Å². The Kier molecular flexibility index (Phi) is 6.49. The number of hydrogen-bond acceptors (Lipinski definition) is 4. The number of amides is 1. The van der Waals surface area contributed by atoms with E-state index in [0.717, 1.165) is 12.8 Å². The minimum atomic E-state index is -0.977. The summed E-state index contributed by atoms with van der Waals surface area (Å²) in [6.45, 7) is 2.90. The van der Waals surface area contributed by atoms with E-state index in [9.17, 15) is 14.7 Å². The third-order valence-corrected chi connectivity index (χ3v) is 3.93. The summed E-state index contributed by atoms with van der Waals surface area (Å²) >= 11 is 1.58. The van der Waals surface area contributed by atoms with Gasteiger partial charge in [-0.2, -0.15) is 11.8 Å². The molecule has 18 heavy (non-hydrogen) atoms. The molecule has 1 saturated heterocycles. The molecule has 1 heterocycles. The van der Waals surface area contributed by atoms with Gasteiger partial charge in [0.2, 0.25) is 5.91 Å². The molecule has 104 valence electrons. The molecule has 2 N–H and O–H groups in total. The highest BCUT2D eigenvalue weighted by atomic mass is 32.2. The van der Waals surface area contributed by atoms with Crippen LogP contribution < -0.4 is 5.32 Å². The molecule has 3 unspecified atom stereocenters. The van der Waals surface area contributed by atoms with Crippen LogP contribution in [0.3, 0.4) is 0 Å². The zero-order valence-corrected chi connectivity index (χ0v) is 11.7. The predicted octanol–water partition coefficient (Wildman–Crippen LogP) is 0.981. The number of nitrogens with one attached hydrogen (secondary N) is 1. The van der Waals surface area contributed by atoms with Crippen LogP contribution in [-0.4, -0.2) is 48.2 Å². The zero-order valence-electron chi connectivity index (χ0n) is 10.8. The topological polar surface area (TPSA) is 75.6 Å².